The second kappa shape index (κ2) is 6.26. The van der Waals surface area contributed by atoms with Gasteiger partial charge in [-0.05, 0) is 37.6 Å². The normalized spacial score (nSPS) is 10.3. The number of hydrogen-bond donors (Lipinski definition) is 1. The van der Waals surface area contributed by atoms with Crippen LogP contribution in [0.4, 0.5) is 11.6 Å². The van der Waals surface area contributed by atoms with Crippen molar-refractivity contribution in [1.29, 1.82) is 0 Å². The molecule has 1 heterocycles. The van der Waals surface area contributed by atoms with E-state index in [4.69, 9.17) is 4.74 Å². The summed E-state index contributed by atoms with van der Waals surface area (Å²) in [5.74, 6) is 1.78. The van der Waals surface area contributed by atoms with E-state index < -0.39 is 0 Å². The summed E-state index contributed by atoms with van der Waals surface area (Å²) in [7, 11) is 0. The zero-order valence-corrected chi connectivity index (χ0v) is 12.6. The maximum Gasteiger partial charge on any atom is 0.230 e. The van der Waals surface area contributed by atoms with Crippen LogP contribution in [0.3, 0.4) is 0 Å². The van der Waals surface area contributed by atoms with E-state index in [1.165, 1.54) is 5.56 Å². The molecule has 0 aliphatic carbocycles. The first-order valence-corrected chi connectivity index (χ1v) is 7.11. The van der Waals surface area contributed by atoms with Crippen LogP contribution >= 0.6 is 0 Å². The molecule has 0 fully saturated rings. The van der Waals surface area contributed by atoms with E-state index in [0.717, 1.165) is 17.0 Å². The highest BCUT2D eigenvalue weighted by atomic mass is 16.5. The lowest BCUT2D eigenvalue weighted by molar-refractivity contribution is 0.462. The summed E-state index contributed by atoms with van der Waals surface area (Å²) in [6, 6.07) is 17.6. The van der Waals surface area contributed by atoms with Crippen molar-refractivity contribution in [2.24, 2.45) is 0 Å². The fraction of sp³-hybridized carbons (Fsp3) is 0.111. The SMILES string of the molecule is Cc1ccc(Oc2ccnc(Nc3ccccc3C)n2)cc1. The third-order valence-electron chi connectivity index (χ3n) is 3.26. The van der Waals surface area contributed by atoms with Gasteiger partial charge in [-0.3, -0.25) is 0 Å². The molecule has 0 amide bonds. The molecule has 0 saturated carbocycles. The molecule has 0 aliphatic rings. The Morgan fingerprint density at radius 2 is 1.68 bits per heavy atom. The molecule has 0 aliphatic heterocycles. The Balaban J connectivity index is 1.78. The van der Waals surface area contributed by atoms with Gasteiger partial charge in [0.05, 0.1) is 0 Å². The molecule has 0 saturated heterocycles. The van der Waals surface area contributed by atoms with Crippen LogP contribution in [0.2, 0.25) is 0 Å². The van der Waals surface area contributed by atoms with Crippen LogP contribution in [-0.4, -0.2) is 9.97 Å². The van der Waals surface area contributed by atoms with Gasteiger partial charge in [-0.1, -0.05) is 35.9 Å². The number of aromatic nitrogens is 2. The van der Waals surface area contributed by atoms with Crippen molar-refractivity contribution in [2.45, 2.75) is 13.8 Å². The molecule has 0 atom stereocenters. The van der Waals surface area contributed by atoms with Gasteiger partial charge < -0.3 is 10.1 Å². The molecule has 0 bridgehead atoms. The van der Waals surface area contributed by atoms with Gasteiger partial charge in [0.15, 0.2) is 0 Å². The highest BCUT2D eigenvalue weighted by molar-refractivity contribution is 5.58. The van der Waals surface area contributed by atoms with Crippen LogP contribution < -0.4 is 10.1 Å². The molecule has 110 valence electrons. The van der Waals surface area contributed by atoms with Crippen molar-refractivity contribution in [3.63, 3.8) is 0 Å². The van der Waals surface area contributed by atoms with Gasteiger partial charge in [0.2, 0.25) is 11.8 Å². The quantitative estimate of drug-likeness (QED) is 0.761. The van der Waals surface area contributed by atoms with Gasteiger partial charge in [-0.15, -0.1) is 0 Å². The lowest BCUT2D eigenvalue weighted by Crippen LogP contribution is -1.99. The minimum Gasteiger partial charge on any atom is -0.439 e. The molecular formula is C18H17N3O. The van der Waals surface area contributed by atoms with E-state index in [-0.39, 0.29) is 0 Å². The van der Waals surface area contributed by atoms with Crippen molar-refractivity contribution >= 4 is 11.6 Å². The Hall–Kier alpha value is -2.88. The van der Waals surface area contributed by atoms with Crippen LogP contribution in [-0.2, 0) is 0 Å². The van der Waals surface area contributed by atoms with Crippen LogP contribution in [0, 0.1) is 13.8 Å². The Morgan fingerprint density at radius 3 is 2.45 bits per heavy atom. The third-order valence-corrected chi connectivity index (χ3v) is 3.26. The number of ether oxygens (including phenoxy) is 1. The third kappa shape index (κ3) is 3.41. The molecular weight excluding hydrogens is 274 g/mol. The number of para-hydroxylation sites is 1. The van der Waals surface area contributed by atoms with E-state index in [0.29, 0.717) is 11.8 Å². The number of nitrogens with one attached hydrogen (secondary N) is 1. The minimum atomic E-state index is 0.509. The molecule has 1 N–H and O–H groups in total. The van der Waals surface area contributed by atoms with Gasteiger partial charge in [-0.2, -0.15) is 4.98 Å². The number of hydrogen-bond acceptors (Lipinski definition) is 4. The summed E-state index contributed by atoms with van der Waals surface area (Å²) in [5.41, 5.74) is 3.31. The van der Waals surface area contributed by atoms with Crippen molar-refractivity contribution in [3.05, 3.63) is 71.9 Å². The highest BCUT2D eigenvalue weighted by Crippen LogP contribution is 2.22. The molecule has 4 nitrogen and oxygen atoms in total. The van der Waals surface area contributed by atoms with E-state index in [2.05, 4.69) is 15.3 Å². The van der Waals surface area contributed by atoms with Gasteiger partial charge in [0.25, 0.3) is 0 Å². The first-order chi connectivity index (χ1) is 10.7. The van der Waals surface area contributed by atoms with E-state index in [1.54, 1.807) is 12.3 Å². The maximum absolute atomic E-state index is 5.75. The van der Waals surface area contributed by atoms with Crippen LogP contribution in [0.1, 0.15) is 11.1 Å². The average molecular weight is 291 g/mol. The van der Waals surface area contributed by atoms with Crippen molar-refractivity contribution in [3.8, 4) is 11.6 Å². The summed E-state index contributed by atoms with van der Waals surface area (Å²) in [4.78, 5) is 8.61. The van der Waals surface area contributed by atoms with E-state index in [9.17, 15) is 0 Å². The van der Waals surface area contributed by atoms with Crippen molar-refractivity contribution in [1.82, 2.24) is 9.97 Å². The smallest absolute Gasteiger partial charge is 0.230 e. The predicted octanol–water partition coefficient (Wildman–Crippen LogP) is 4.63. The Morgan fingerprint density at radius 1 is 0.909 bits per heavy atom. The molecule has 0 unspecified atom stereocenters. The summed E-state index contributed by atoms with van der Waals surface area (Å²) in [5, 5.41) is 3.21. The van der Waals surface area contributed by atoms with E-state index >= 15 is 0 Å². The standard InChI is InChI=1S/C18H17N3O/c1-13-7-9-15(10-8-13)22-17-11-12-19-18(21-17)20-16-6-4-3-5-14(16)2/h3-12H,1-2H3,(H,19,20,21). The Bertz CT molecular complexity index is 769. The summed E-state index contributed by atoms with van der Waals surface area (Å²) in [6.45, 7) is 4.08. The minimum absolute atomic E-state index is 0.509. The fourth-order valence-electron chi connectivity index (χ4n) is 2.02. The lowest BCUT2D eigenvalue weighted by atomic mass is 10.2. The zero-order chi connectivity index (χ0) is 15.4. The largest absolute Gasteiger partial charge is 0.439 e. The number of anilines is 2. The number of nitrogens with zero attached hydrogens (tertiary/aromatic N) is 2. The summed E-state index contributed by atoms with van der Waals surface area (Å²) in [6.07, 6.45) is 1.68. The van der Waals surface area contributed by atoms with Gasteiger partial charge in [0.1, 0.15) is 5.75 Å². The first-order valence-electron chi connectivity index (χ1n) is 7.11. The maximum atomic E-state index is 5.75. The van der Waals surface area contributed by atoms with Crippen molar-refractivity contribution < 1.29 is 4.74 Å². The fourth-order valence-corrected chi connectivity index (χ4v) is 2.02. The van der Waals surface area contributed by atoms with Crippen molar-refractivity contribution in [2.75, 3.05) is 5.32 Å². The molecule has 0 spiro atoms. The Labute approximate surface area is 129 Å². The van der Waals surface area contributed by atoms with Crippen LogP contribution in [0.25, 0.3) is 0 Å². The average Bonchev–Trinajstić information content (AvgIpc) is 2.52. The van der Waals surface area contributed by atoms with Gasteiger partial charge in [0, 0.05) is 18.0 Å². The second-order valence-electron chi connectivity index (χ2n) is 5.07. The zero-order valence-electron chi connectivity index (χ0n) is 12.6. The monoisotopic (exact) mass is 291 g/mol. The van der Waals surface area contributed by atoms with Gasteiger partial charge >= 0.3 is 0 Å². The first kappa shape index (κ1) is 14.1. The topological polar surface area (TPSA) is 47.0 Å². The summed E-state index contributed by atoms with van der Waals surface area (Å²) >= 11 is 0. The predicted molar refractivity (Wildman–Crippen MR) is 87.7 cm³/mol. The van der Waals surface area contributed by atoms with Gasteiger partial charge in [-0.25, -0.2) is 4.98 Å². The second-order valence-corrected chi connectivity index (χ2v) is 5.07. The lowest BCUT2D eigenvalue weighted by Gasteiger charge is -2.09. The highest BCUT2D eigenvalue weighted by Gasteiger charge is 2.04. The molecule has 2 aromatic carbocycles. The summed E-state index contributed by atoms with van der Waals surface area (Å²) < 4.78 is 5.75. The van der Waals surface area contributed by atoms with E-state index in [1.807, 2.05) is 62.4 Å². The molecule has 1 aromatic heterocycles. The number of benzene rings is 2. The molecule has 4 heteroatoms. The number of aryl methyl sites for hydroxylation is 2. The molecule has 3 aromatic rings. The van der Waals surface area contributed by atoms with Crippen LogP contribution in [0.5, 0.6) is 11.6 Å². The molecule has 3 rings (SSSR count). The number of rotatable bonds is 4. The Kier molecular flexibility index (Phi) is 4.01. The molecule has 22 heavy (non-hydrogen) atoms. The molecule has 0 radical (unpaired) electrons. The van der Waals surface area contributed by atoms with Crippen LogP contribution in [0.15, 0.2) is 60.8 Å².